The monoisotopic (exact) mass is 211 g/mol. The van der Waals surface area contributed by atoms with Crippen LogP contribution in [0, 0.1) is 0 Å². The van der Waals surface area contributed by atoms with E-state index in [2.05, 4.69) is 15.3 Å². The van der Waals surface area contributed by atoms with Crippen molar-refractivity contribution in [3.63, 3.8) is 0 Å². The van der Waals surface area contributed by atoms with E-state index in [9.17, 15) is 0 Å². The molecule has 0 spiro atoms. The molecule has 1 unspecified atom stereocenters. The van der Waals surface area contributed by atoms with Gasteiger partial charge < -0.3 is 10.5 Å². The van der Waals surface area contributed by atoms with E-state index in [1.165, 1.54) is 11.3 Å². The van der Waals surface area contributed by atoms with E-state index in [1.54, 1.807) is 4.52 Å². The Morgan fingerprint density at radius 1 is 1.50 bits per heavy atom. The summed E-state index contributed by atoms with van der Waals surface area (Å²) in [6.45, 7) is 0.791. The predicted octanol–water partition coefficient (Wildman–Crippen LogP) is 0.619. The molecular formula is C7H9N5OS. The number of nitrogens with zero attached hydrogens (tertiary/aromatic N) is 4. The highest BCUT2D eigenvalue weighted by atomic mass is 32.1. The molecule has 3 heterocycles. The van der Waals surface area contributed by atoms with Crippen molar-refractivity contribution in [1.82, 2.24) is 19.8 Å². The molecule has 6 nitrogen and oxygen atoms in total. The molecule has 1 saturated heterocycles. The van der Waals surface area contributed by atoms with Crippen molar-refractivity contribution in [3.05, 3.63) is 5.82 Å². The average Bonchev–Trinajstić information content (AvgIpc) is 2.77. The van der Waals surface area contributed by atoms with Gasteiger partial charge >= 0.3 is 0 Å². The lowest BCUT2D eigenvalue weighted by Gasteiger charge is -2.03. The maximum absolute atomic E-state index is 5.58. The smallest absolute Gasteiger partial charge is 0.236 e. The molecule has 2 aromatic rings. The fourth-order valence-corrected chi connectivity index (χ4v) is 2.24. The van der Waals surface area contributed by atoms with E-state index < -0.39 is 0 Å². The molecule has 0 aromatic carbocycles. The zero-order chi connectivity index (χ0) is 9.54. The van der Waals surface area contributed by atoms with Crippen LogP contribution in [-0.2, 0) is 4.74 Å². The van der Waals surface area contributed by atoms with Crippen LogP contribution in [0.3, 0.4) is 0 Å². The van der Waals surface area contributed by atoms with Crippen molar-refractivity contribution in [2.75, 3.05) is 12.3 Å². The summed E-state index contributed by atoms with van der Waals surface area (Å²) in [7, 11) is 0. The summed E-state index contributed by atoms with van der Waals surface area (Å²) < 4.78 is 7.19. The van der Waals surface area contributed by atoms with Gasteiger partial charge in [0.15, 0.2) is 5.82 Å². The summed E-state index contributed by atoms with van der Waals surface area (Å²) in [4.78, 5) is 0.730. The Hall–Kier alpha value is -1.21. The molecule has 0 aliphatic carbocycles. The van der Waals surface area contributed by atoms with Gasteiger partial charge in [-0.2, -0.15) is 4.52 Å². The Morgan fingerprint density at radius 2 is 2.43 bits per heavy atom. The minimum absolute atomic E-state index is 0.0338. The van der Waals surface area contributed by atoms with Gasteiger partial charge in [-0.1, -0.05) is 11.3 Å². The van der Waals surface area contributed by atoms with Gasteiger partial charge in [0.25, 0.3) is 0 Å². The standard InChI is InChI=1S/C7H9N5OS/c8-6-11-12-5(4-2-1-3-13-4)9-10-7(12)14-6/h4H,1-3H2,(H2,8,11). The molecule has 0 radical (unpaired) electrons. The fourth-order valence-electron chi connectivity index (χ4n) is 1.63. The first-order chi connectivity index (χ1) is 6.84. The number of nitrogen functional groups attached to an aromatic ring is 1. The lowest BCUT2D eigenvalue weighted by molar-refractivity contribution is 0.103. The first-order valence-electron chi connectivity index (χ1n) is 4.44. The summed E-state index contributed by atoms with van der Waals surface area (Å²) in [5.41, 5.74) is 5.58. The van der Waals surface area contributed by atoms with Gasteiger partial charge in [-0.25, -0.2) is 0 Å². The number of nitrogens with two attached hydrogens (primary N) is 1. The summed E-state index contributed by atoms with van der Waals surface area (Å²) in [6.07, 6.45) is 2.09. The lowest BCUT2D eigenvalue weighted by Crippen LogP contribution is -2.03. The van der Waals surface area contributed by atoms with Gasteiger partial charge in [0.1, 0.15) is 6.10 Å². The first-order valence-corrected chi connectivity index (χ1v) is 5.25. The van der Waals surface area contributed by atoms with Gasteiger partial charge in [0, 0.05) is 6.61 Å². The molecule has 2 aromatic heterocycles. The van der Waals surface area contributed by atoms with Crippen molar-refractivity contribution >= 4 is 21.4 Å². The number of ether oxygens (including phenoxy) is 1. The number of anilines is 1. The van der Waals surface area contributed by atoms with Gasteiger partial charge in [-0.15, -0.1) is 15.3 Å². The Kier molecular flexibility index (Phi) is 1.68. The van der Waals surface area contributed by atoms with Crippen molar-refractivity contribution in [1.29, 1.82) is 0 Å². The minimum atomic E-state index is 0.0338. The van der Waals surface area contributed by atoms with Crippen LogP contribution in [-0.4, -0.2) is 26.4 Å². The zero-order valence-corrected chi connectivity index (χ0v) is 8.20. The van der Waals surface area contributed by atoms with Crippen LogP contribution in [0.5, 0.6) is 0 Å². The topological polar surface area (TPSA) is 78.3 Å². The van der Waals surface area contributed by atoms with Crippen LogP contribution in [0.15, 0.2) is 0 Å². The third-order valence-corrected chi connectivity index (χ3v) is 2.98. The second kappa shape index (κ2) is 2.89. The van der Waals surface area contributed by atoms with E-state index in [4.69, 9.17) is 10.5 Å². The number of hydrogen-bond donors (Lipinski definition) is 1. The zero-order valence-electron chi connectivity index (χ0n) is 7.38. The highest BCUT2D eigenvalue weighted by Crippen LogP contribution is 2.28. The molecule has 0 amide bonds. The van der Waals surface area contributed by atoms with Crippen molar-refractivity contribution in [2.45, 2.75) is 18.9 Å². The maximum atomic E-state index is 5.58. The van der Waals surface area contributed by atoms with Gasteiger partial charge in [-0.3, -0.25) is 0 Å². The molecule has 14 heavy (non-hydrogen) atoms. The highest BCUT2D eigenvalue weighted by molar-refractivity contribution is 7.20. The van der Waals surface area contributed by atoms with Gasteiger partial charge in [-0.05, 0) is 12.8 Å². The molecule has 3 rings (SSSR count). The molecule has 1 fully saturated rings. The summed E-state index contributed by atoms with van der Waals surface area (Å²) in [6, 6.07) is 0. The predicted molar refractivity (Wildman–Crippen MR) is 51.0 cm³/mol. The van der Waals surface area contributed by atoms with E-state index in [0.717, 1.165) is 30.2 Å². The third-order valence-electron chi connectivity index (χ3n) is 2.25. The Morgan fingerprint density at radius 3 is 3.21 bits per heavy atom. The average molecular weight is 211 g/mol. The first kappa shape index (κ1) is 8.13. The van der Waals surface area contributed by atoms with E-state index in [1.807, 2.05) is 0 Å². The molecule has 0 saturated carbocycles. The normalized spacial score (nSPS) is 22.1. The SMILES string of the molecule is Nc1nn2c(C3CCCO3)nnc2s1. The van der Waals surface area contributed by atoms with Crippen molar-refractivity contribution < 1.29 is 4.74 Å². The van der Waals surface area contributed by atoms with Crippen molar-refractivity contribution in [3.8, 4) is 0 Å². The highest BCUT2D eigenvalue weighted by Gasteiger charge is 2.24. The maximum Gasteiger partial charge on any atom is 0.236 e. The minimum Gasteiger partial charge on any atom is -0.374 e. The van der Waals surface area contributed by atoms with Crippen LogP contribution < -0.4 is 5.73 Å². The molecule has 1 aliphatic heterocycles. The molecule has 2 N–H and O–H groups in total. The Labute approximate surface area is 83.7 Å². The van der Waals surface area contributed by atoms with Crippen LogP contribution in [0.1, 0.15) is 24.8 Å². The second-order valence-corrected chi connectivity index (χ2v) is 4.18. The lowest BCUT2D eigenvalue weighted by atomic mass is 10.2. The van der Waals surface area contributed by atoms with E-state index in [0.29, 0.717) is 5.13 Å². The van der Waals surface area contributed by atoms with Crippen LogP contribution in [0.25, 0.3) is 4.96 Å². The summed E-state index contributed by atoms with van der Waals surface area (Å²) in [5, 5.41) is 12.7. The number of aromatic nitrogens is 4. The molecule has 7 heteroatoms. The molecule has 1 atom stereocenters. The fraction of sp³-hybridized carbons (Fsp3) is 0.571. The summed E-state index contributed by atoms with van der Waals surface area (Å²) in [5.74, 6) is 0.769. The molecule has 1 aliphatic rings. The Bertz CT molecular complexity index is 458. The molecular weight excluding hydrogens is 202 g/mol. The van der Waals surface area contributed by atoms with Crippen LogP contribution in [0.2, 0.25) is 0 Å². The molecule has 74 valence electrons. The largest absolute Gasteiger partial charge is 0.374 e. The van der Waals surface area contributed by atoms with Gasteiger partial charge in [0.2, 0.25) is 10.1 Å². The number of hydrogen-bond acceptors (Lipinski definition) is 6. The van der Waals surface area contributed by atoms with E-state index >= 15 is 0 Å². The van der Waals surface area contributed by atoms with Crippen molar-refractivity contribution in [2.24, 2.45) is 0 Å². The number of rotatable bonds is 1. The third kappa shape index (κ3) is 1.09. The quantitative estimate of drug-likeness (QED) is 0.748. The second-order valence-electron chi connectivity index (χ2n) is 3.19. The molecule has 0 bridgehead atoms. The van der Waals surface area contributed by atoms with Gasteiger partial charge in [0.05, 0.1) is 0 Å². The number of fused-ring (bicyclic) bond motifs is 1. The van der Waals surface area contributed by atoms with Crippen LogP contribution >= 0.6 is 11.3 Å². The van der Waals surface area contributed by atoms with E-state index in [-0.39, 0.29) is 6.10 Å². The summed E-state index contributed by atoms with van der Waals surface area (Å²) >= 11 is 1.33. The van der Waals surface area contributed by atoms with Crippen LogP contribution in [0.4, 0.5) is 5.13 Å². The Balaban J connectivity index is 2.10.